The monoisotopic (exact) mass is 251 g/mol. The van der Waals surface area contributed by atoms with Crippen LogP contribution in [-0.4, -0.2) is 30.9 Å². The number of pyridine rings is 1. The van der Waals surface area contributed by atoms with Gasteiger partial charge in [0, 0.05) is 45.6 Å². The van der Waals surface area contributed by atoms with E-state index in [1.807, 2.05) is 12.3 Å². The third kappa shape index (κ3) is 2.40. The summed E-state index contributed by atoms with van der Waals surface area (Å²) in [6, 6.07) is 1.92. The Balaban J connectivity index is 2.34. The van der Waals surface area contributed by atoms with Crippen molar-refractivity contribution in [2.45, 2.75) is 31.4 Å². The molecular weight excluding hydrogens is 230 g/mol. The van der Waals surface area contributed by atoms with Crippen LogP contribution in [0.15, 0.2) is 18.5 Å². The summed E-state index contributed by atoms with van der Waals surface area (Å²) in [6.45, 7) is 3.46. The lowest BCUT2D eigenvalue weighted by Gasteiger charge is -2.42. The molecule has 2 heterocycles. The molecule has 0 spiro atoms. The first-order valence-electron chi connectivity index (χ1n) is 6.23. The first-order chi connectivity index (χ1) is 8.73. The third-order valence-electron chi connectivity index (χ3n) is 3.83. The molecule has 3 N–H and O–H groups in total. The molecular formula is C13H21N3O2. The molecule has 1 aliphatic rings. The van der Waals surface area contributed by atoms with Crippen molar-refractivity contribution in [2.24, 2.45) is 5.84 Å². The highest BCUT2D eigenvalue weighted by Gasteiger charge is 2.41. The second-order valence-corrected chi connectivity index (χ2v) is 4.71. The summed E-state index contributed by atoms with van der Waals surface area (Å²) in [6.07, 6.45) is 5.30. The number of hydrogen-bond donors (Lipinski definition) is 2. The highest BCUT2D eigenvalue weighted by atomic mass is 16.5. The van der Waals surface area contributed by atoms with E-state index >= 15 is 0 Å². The molecule has 1 fully saturated rings. The fraction of sp³-hybridized carbons (Fsp3) is 0.615. The van der Waals surface area contributed by atoms with Crippen molar-refractivity contribution in [2.75, 3.05) is 20.3 Å². The van der Waals surface area contributed by atoms with Crippen LogP contribution in [0.1, 0.15) is 30.0 Å². The maximum atomic E-state index is 5.79. The smallest absolute Gasteiger partial charge is 0.0929 e. The van der Waals surface area contributed by atoms with E-state index in [0.717, 1.165) is 24.0 Å². The van der Waals surface area contributed by atoms with Crippen molar-refractivity contribution >= 4 is 0 Å². The average molecular weight is 251 g/mol. The number of hydrazine groups is 1. The lowest BCUT2D eigenvalue weighted by atomic mass is 9.81. The number of methoxy groups -OCH3 is 1. The van der Waals surface area contributed by atoms with Gasteiger partial charge < -0.3 is 9.47 Å². The Labute approximate surface area is 108 Å². The van der Waals surface area contributed by atoms with Gasteiger partial charge in [0.25, 0.3) is 0 Å². The average Bonchev–Trinajstić information content (AvgIpc) is 2.43. The summed E-state index contributed by atoms with van der Waals surface area (Å²) >= 11 is 0. The predicted octanol–water partition coefficient (Wildman–Crippen LogP) is 1.09. The molecule has 2 rings (SSSR count). The summed E-state index contributed by atoms with van der Waals surface area (Å²) < 4.78 is 11.2. The number of aromatic nitrogens is 1. The summed E-state index contributed by atoms with van der Waals surface area (Å²) in [5.41, 5.74) is 4.83. The fourth-order valence-corrected chi connectivity index (χ4v) is 2.63. The molecule has 1 aromatic rings. The van der Waals surface area contributed by atoms with E-state index in [1.54, 1.807) is 13.3 Å². The standard InChI is InChI=1S/C13H21N3O2/c1-10-3-6-15-9-11(10)12(16-14)13(17-2)4-7-18-8-5-13/h3,6,9,12,16H,4-5,7-8,14H2,1-2H3. The molecule has 0 saturated carbocycles. The van der Waals surface area contributed by atoms with Gasteiger partial charge in [-0.1, -0.05) is 0 Å². The molecule has 1 atom stereocenters. The number of ether oxygens (including phenoxy) is 2. The van der Waals surface area contributed by atoms with Gasteiger partial charge in [0.1, 0.15) is 0 Å². The van der Waals surface area contributed by atoms with Crippen LogP contribution in [0.4, 0.5) is 0 Å². The highest BCUT2D eigenvalue weighted by molar-refractivity contribution is 5.28. The van der Waals surface area contributed by atoms with Crippen molar-refractivity contribution in [3.63, 3.8) is 0 Å². The Hall–Kier alpha value is -1.01. The molecule has 0 bridgehead atoms. The van der Waals surface area contributed by atoms with E-state index in [9.17, 15) is 0 Å². The summed E-state index contributed by atoms with van der Waals surface area (Å²) in [4.78, 5) is 4.19. The first kappa shape index (κ1) is 13.4. The van der Waals surface area contributed by atoms with Crippen molar-refractivity contribution in [3.05, 3.63) is 29.6 Å². The van der Waals surface area contributed by atoms with E-state index in [2.05, 4.69) is 17.3 Å². The Kier molecular flexibility index (Phi) is 4.29. The van der Waals surface area contributed by atoms with Gasteiger partial charge in [-0.15, -0.1) is 0 Å². The van der Waals surface area contributed by atoms with Crippen molar-refractivity contribution in [3.8, 4) is 0 Å². The van der Waals surface area contributed by atoms with E-state index in [0.29, 0.717) is 13.2 Å². The normalized spacial score (nSPS) is 20.6. The van der Waals surface area contributed by atoms with Crippen LogP contribution >= 0.6 is 0 Å². The van der Waals surface area contributed by atoms with Gasteiger partial charge in [0.2, 0.25) is 0 Å². The predicted molar refractivity (Wildman–Crippen MR) is 68.8 cm³/mol. The van der Waals surface area contributed by atoms with E-state index in [1.165, 1.54) is 0 Å². The van der Waals surface area contributed by atoms with Crippen molar-refractivity contribution in [1.29, 1.82) is 0 Å². The minimum absolute atomic E-state index is 0.0694. The molecule has 0 aliphatic carbocycles. The number of rotatable bonds is 4. The quantitative estimate of drug-likeness (QED) is 0.619. The molecule has 18 heavy (non-hydrogen) atoms. The van der Waals surface area contributed by atoms with Crippen LogP contribution in [0.3, 0.4) is 0 Å². The molecule has 5 heteroatoms. The number of nitrogens with two attached hydrogens (primary N) is 1. The number of aryl methyl sites for hydroxylation is 1. The Morgan fingerprint density at radius 3 is 2.78 bits per heavy atom. The van der Waals surface area contributed by atoms with E-state index in [4.69, 9.17) is 15.3 Å². The summed E-state index contributed by atoms with van der Waals surface area (Å²) in [5, 5.41) is 0. The van der Waals surface area contributed by atoms with Crippen LogP contribution in [0, 0.1) is 6.92 Å². The fourth-order valence-electron chi connectivity index (χ4n) is 2.63. The molecule has 1 aromatic heterocycles. The van der Waals surface area contributed by atoms with Crippen LogP contribution in [0.5, 0.6) is 0 Å². The van der Waals surface area contributed by atoms with Crippen molar-refractivity contribution in [1.82, 2.24) is 10.4 Å². The molecule has 0 amide bonds. The van der Waals surface area contributed by atoms with Crippen molar-refractivity contribution < 1.29 is 9.47 Å². The largest absolute Gasteiger partial charge is 0.381 e. The topological polar surface area (TPSA) is 69.4 Å². The van der Waals surface area contributed by atoms with Crippen LogP contribution in [0.2, 0.25) is 0 Å². The zero-order chi connectivity index (χ0) is 13.0. The zero-order valence-corrected chi connectivity index (χ0v) is 11.0. The van der Waals surface area contributed by atoms with Gasteiger partial charge in [-0.2, -0.15) is 0 Å². The molecule has 0 radical (unpaired) electrons. The zero-order valence-electron chi connectivity index (χ0n) is 11.0. The Morgan fingerprint density at radius 2 is 2.22 bits per heavy atom. The molecule has 1 unspecified atom stereocenters. The molecule has 1 saturated heterocycles. The van der Waals surface area contributed by atoms with Gasteiger partial charge in [0.05, 0.1) is 11.6 Å². The minimum Gasteiger partial charge on any atom is -0.381 e. The van der Waals surface area contributed by atoms with Gasteiger partial charge in [0.15, 0.2) is 0 Å². The second-order valence-electron chi connectivity index (χ2n) is 4.71. The lowest BCUT2D eigenvalue weighted by molar-refractivity contribution is -0.112. The van der Waals surface area contributed by atoms with E-state index in [-0.39, 0.29) is 11.6 Å². The maximum Gasteiger partial charge on any atom is 0.0929 e. The van der Waals surface area contributed by atoms with E-state index < -0.39 is 0 Å². The first-order valence-corrected chi connectivity index (χ1v) is 6.23. The summed E-state index contributed by atoms with van der Waals surface area (Å²) in [7, 11) is 1.74. The number of nitrogens with zero attached hydrogens (tertiary/aromatic N) is 1. The Bertz CT molecular complexity index is 392. The van der Waals surface area contributed by atoms with Crippen LogP contribution in [-0.2, 0) is 9.47 Å². The van der Waals surface area contributed by atoms with Crippen LogP contribution in [0.25, 0.3) is 0 Å². The summed E-state index contributed by atoms with van der Waals surface area (Å²) in [5.74, 6) is 5.77. The molecule has 1 aliphatic heterocycles. The van der Waals surface area contributed by atoms with Gasteiger partial charge in [-0.3, -0.25) is 10.8 Å². The van der Waals surface area contributed by atoms with Gasteiger partial charge in [-0.05, 0) is 24.1 Å². The van der Waals surface area contributed by atoms with Gasteiger partial charge >= 0.3 is 0 Å². The SMILES string of the molecule is COC1(C(NN)c2cnccc2C)CCOCC1. The lowest BCUT2D eigenvalue weighted by Crippen LogP contribution is -2.51. The molecule has 100 valence electrons. The molecule has 5 nitrogen and oxygen atoms in total. The minimum atomic E-state index is -0.319. The van der Waals surface area contributed by atoms with Crippen LogP contribution < -0.4 is 11.3 Å². The maximum absolute atomic E-state index is 5.79. The highest BCUT2D eigenvalue weighted by Crippen LogP contribution is 2.37. The number of nitrogens with one attached hydrogen (secondary N) is 1. The van der Waals surface area contributed by atoms with Gasteiger partial charge in [-0.25, -0.2) is 5.43 Å². The Morgan fingerprint density at radius 1 is 1.50 bits per heavy atom. The number of hydrogen-bond acceptors (Lipinski definition) is 5. The second kappa shape index (κ2) is 5.75. The molecule has 0 aromatic carbocycles. The third-order valence-corrected chi connectivity index (χ3v) is 3.83.